The van der Waals surface area contributed by atoms with Gasteiger partial charge in [0.2, 0.25) is 0 Å². The summed E-state index contributed by atoms with van der Waals surface area (Å²) in [6.45, 7) is 7.78. The number of benzene rings is 1. The van der Waals surface area contributed by atoms with E-state index in [2.05, 4.69) is 62.7 Å². The van der Waals surface area contributed by atoms with Gasteiger partial charge in [0.1, 0.15) is 0 Å². The molecule has 0 aromatic heterocycles. The number of halogens is 1. The van der Waals surface area contributed by atoms with Crippen LogP contribution in [0.4, 0.5) is 5.69 Å². The fourth-order valence-corrected chi connectivity index (χ4v) is 3.95. The van der Waals surface area contributed by atoms with Crippen molar-refractivity contribution >= 4 is 35.6 Å². The topological polar surface area (TPSA) is 42.9 Å². The highest BCUT2D eigenvalue weighted by molar-refractivity contribution is 14.0. The number of hydrogen-bond acceptors (Lipinski definition) is 3. The molecule has 2 atom stereocenters. The molecule has 1 aromatic carbocycles. The van der Waals surface area contributed by atoms with Crippen LogP contribution in [0.15, 0.2) is 35.3 Å². The van der Waals surface area contributed by atoms with Crippen molar-refractivity contribution in [2.24, 2.45) is 4.99 Å². The van der Waals surface area contributed by atoms with Crippen LogP contribution in [0.25, 0.3) is 0 Å². The molecule has 0 saturated carbocycles. The summed E-state index contributed by atoms with van der Waals surface area (Å²) in [5.41, 5.74) is 1.31. The Morgan fingerprint density at radius 2 is 1.96 bits per heavy atom. The highest BCUT2D eigenvalue weighted by Gasteiger charge is 2.23. The van der Waals surface area contributed by atoms with Crippen molar-refractivity contribution in [3.8, 4) is 0 Å². The van der Waals surface area contributed by atoms with E-state index >= 15 is 0 Å². The van der Waals surface area contributed by atoms with Crippen LogP contribution in [-0.4, -0.2) is 62.7 Å². The molecule has 5 nitrogen and oxygen atoms in total. The highest BCUT2D eigenvalue weighted by Crippen LogP contribution is 2.19. The summed E-state index contributed by atoms with van der Waals surface area (Å²) in [5, 5.41) is 7.09. The third kappa shape index (κ3) is 6.01. The number of aliphatic imine (C=N–C) groups is 1. The summed E-state index contributed by atoms with van der Waals surface area (Å²) < 4.78 is 0. The molecule has 146 valence electrons. The lowest BCUT2D eigenvalue weighted by molar-refractivity contribution is 0.163. The van der Waals surface area contributed by atoms with E-state index in [1.54, 1.807) is 0 Å². The zero-order valence-corrected chi connectivity index (χ0v) is 18.5. The maximum atomic E-state index is 4.41. The minimum absolute atomic E-state index is 0. The van der Waals surface area contributed by atoms with Crippen molar-refractivity contribution in [3.05, 3.63) is 30.3 Å². The van der Waals surface area contributed by atoms with Crippen molar-refractivity contribution in [2.75, 3.05) is 44.7 Å². The molecule has 2 aliphatic rings. The van der Waals surface area contributed by atoms with E-state index in [1.165, 1.54) is 31.5 Å². The molecular weight excluding hydrogens is 437 g/mol. The van der Waals surface area contributed by atoms with Gasteiger partial charge in [-0.15, -0.1) is 24.0 Å². The van der Waals surface area contributed by atoms with Gasteiger partial charge in [-0.3, -0.25) is 9.89 Å². The molecule has 3 rings (SSSR count). The Kier molecular flexibility index (Phi) is 8.98. The number of nitrogens with one attached hydrogen (secondary N) is 2. The molecule has 0 radical (unpaired) electrons. The number of guanidine groups is 1. The van der Waals surface area contributed by atoms with E-state index in [0.29, 0.717) is 6.04 Å². The van der Waals surface area contributed by atoms with E-state index in [4.69, 9.17) is 0 Å². The quantitative estimate of drug-likeness (QED) is 0.394. The molecule has 0 aliphatic carbocycles. The number of anilines is 1. The molecule has 1 aromatic rings. The first-order valence-corrected chi connectivity index (χ1v) is 9.77. The van der Waals surface area contributed by atoms with E-state index < -0.39 is 0 Å². The molecule has 6 heteroatoms. The number of hydrogen-bond donors (Lipinski definition) is 2. The zero-order chi connectivity index (χ0) is 17.5. The maximum absolute atomic E-state index is 4.41. The molecule has 0 bridgehead atoms. The second-order valence-electron chi connectivity index (χ2n) is 7.29. The standard InChI is InChI=1S/C20H33N5.HI/c1-17-8-6-7-13-24(17)15-12-22-20(21-2)23-18-11-14-25(16-18)19-9-4-3-5-10-19;/h3-5,9-10,17-18H,6-8,11-16H2,1-2H3,(H2,21,22,23);1H. The highest BCUT2D eigenvalue weighted by atomic mass is 127. The summed E-state index contributed by atoms with van der Waals surface area (Å²) in [4.78, 5) is 9.45. The van der Waals surface area contributed by atoms with Crippen LogP contribution in [0.2, 0.25) is 0 Å². The van der Waals surface area contributed by atoms with Crippen LogP contribution >= 0.6 is 24.0 Å². The van der Waals surface area contributed by atoms with Gasteiger partial charge in [-0.05, 0) is 44.9 Å². The first kappa shape index (κ1) is 21.3. The van der Waals surface area contributed by atoms with Crippen LogP contribution < -0.4 is 15.5 Å². The van der Waals surface area contributed by atoms with Crippen LogP contribution in [-0.2, 0) is 0 Å². The second kappa shape index (κ2) is 11.0. The zero-order valence-electron chi connectivity index (χ0n) is 16.2. The molecule has 2 N–H and O–H groups in total. The Bertz CT molecular complexity index is 550. The van der Waals surface area contributed by atoms with Crippen LogP contribution in [0, 0.1) is 0 Å². The SMILES string of the molecule is CN=C(NCCN1CCCCC1C)NC1CCN(c2ccccc2)C1.I. The average Bonchev–Trinajstić information content (AvgIpc) is 3.12. The Morgan fingerprint density at radius 3 is 2.69 bits per heavy atom. The van der Waals surface area contributed by atoms with Gasteiger partial charge in [0.15, 0.2) is 5.96 Å². The van der Waals surface area contributed by atoms with Gasteiger partial charge < -0.3 is 15.5 Å². The lowest BCUT2D eigenvalue weighted by Crippen LogP contribution is -2.48. The molecule has 2 aliphatic heterocycles. The van der Waals surface area contributed by atoms with Crippen molar-refractivity contribution in [1.82, 2.24) is 15.5 Å². The van der Waals surface area contributed by atoms with Gasteiger partial charge in [0.05, 0.1) is 0 Å². The number of nitrogens with zero attached hydrogens (tertiary/aromatic N) is 3. The van der Waals surface area contributed by atoms with Gasteiger partial charge in [-0.2, -0.15) is 0 Å². The maximum Gasteiger partial charge on any atom is 0.191 e. The van der Waals surface area contributed by atoms with Gasteiger partial charge >= 0.3 is 0 Å². The van der Waals surface area contributed by atoms with Gasteiger partial charge in [0, 0.05) is 51.0 Å². The number of piperidine rings is 1. The normalized spacial score (nSPS) is 24.2. The predicted molar refractivity (Wildman–Crippen MR) is 122 cm³/mol. The van der Waals surface area contributed by atoms with Crippen molar-refractivity contribution < 1.29 is 0 Å². The number of rotatable bonds is 5. The molecule has 0 amide bonds. The fourth-order valence-electron chi connectivity index (χ4n) is 3.95. The molecule has 2 unspecified atom stereocenters. The van der Waals surface area contributed by atoms with Gasteiger partial charge in [-0.25, -0.2) is 0 Å². The third-order valence-electron chi connectivity index (χ3n) is 5.51. The summed E-state index contributed by atoms with van der Waals surface area (Å²) in [6.07, 6.45) is 5.21. The molecule has 0 spiro atoms. The molecule has 2 heterocycles. The monoisotopic (exact) mass is 471 g/mol. The van der Waals surface area contributed by atoms with Crippen LogP contribution in [0.1, 0.15) is 32.6 Å². The van der Waals surface area contributed by atoms with E-state index in [0.717, 1.165) is 44.6 Å². The molecule has 2 saturated heterocycles. The van der Waals surface area contributed by atoms with E-state index in [1.807, 2.05) is 7.05 Å². The van der Waals surface area contributed by atoms with Gasteiger partial charge in [-0.1, -0.05) is 24.6 Å². The Hall–Kier alpha value is -1.02. The first-order valence-electron chi connectivity index (χ1n) is 9.77. The third-order valence-corrected chi connectivity index (χ3v) is 5.51. The van der Waals surface area contributed by atoms with Crippen LogP contribution in [0.5, 0.6) is 0 Å². The molecular formula is C20H34IN5. The number of likely N-dealkylation sites (tertiary alicyclic amines) is 1. The minimum Gasteiger partial charge on any atom is -0.369 e. The summed E-state index contributed by atoms with van der Waals surface area (Å²) >= 11 is 0. The average molecular weight is 471 g/mol. The van der Waals surface area contributed by atoms with E-state index in [-0.39, 0.29) is 24.0 Å². The lowest BCUT2D eigenvalue weighted by Gasteiger charge is -2.33. The van der Waals surface area contributed by atoms with Gasteiger partial charge in [0.25, 0.3) is 0 Å². The first-order chi connectivity index (χ1) is 12.3. The smallest absolute Gasteiger partial charge is 0.191 e. The molecule has 26 heavy (non-hydrogen) atoms. The largest absolute Gasteiger partial charge is 0.369 e. The Balaban J connectivity index is 0.00000243. The minimum atomic E-state index is 0. The second-order valence-corrected chi connectivity index (χ2v) is 7.29. The predicted octanol–water partition coefficient (Wildman–Crippen LogP) is 2.92. The fraction of sp³-hybridized carbons (Fsp3) is 0.650. The summed E-state index contributed by atoms with van der Waals surface area (Å²) in [5.74, 6) is 0.935. The summed E-state index contributed by atoms with van der Waals surface area (Å²) in [7, 11) is 1.86. The lowest BCUT2D eigenvalue weighted by atomic mass is 10.0. The van der Waals surface area contributed by atoms with Crippen molar-refractivity contribution in [2.45, 2.75) is 44.7 Å². The summed E-state index contributed by atoms with van der Waals surface area (Å²) in [6, 6.07) is 11.9. The molecule has 2 fully saturated rings. The van der Waals surface area contributed by atoms with Crippen molar-refractivity contribution in [3.63, 3.8) is 0 Å². The van der Waals surface area contributed by atoms with Crippen molar-refractivity contribution in [1.29, 1.82) is 0 Å². The van der Waals surface area contributed by atoms with Crippen LogP contribution in [0.3, 0.4) is 0 Å². The Labute approximate surface area is 175 Å². The Morgan fingerprint density at radius 1 is 1.15 bits per heavy atom. The van der Waals surface area contributed by atoms with E-state index in [9.17, 15) is 0 Å². The number of para-hydroxylation sites is 1.